The number of hydrogen-bond acceptors (Lipinski definition) is 5. The summed E-state index contributed by atoms with van der Waals surface area (Å²) in [5.74, 6) is 0.742. The molecule has 0 amide bonds. The van der Waals surface area contributed by atoms with Gasteiger partial charge in [0.05, 0.1) is 0 Å². The fraction of sp³-hybridized carbons (Fsp3) is 0.933. The molecule has 3 saturated heterocycles. The van der Waals surface area contributed by atoms with Crippen LogP contribution in [0.3, 0.4) is 0 Å². The van der Waals surface area contributed by atoms with Crippen molar-refractivity contribution in [2.24, 2.45) is 16.7 Å². The minimum absolute atomic E-state index is 0.0181. The van der Waals surface area contributed by atoms with E-state index in [9.17, 15) is 4.79 Å². The number of fused-ring (bicyclic) bond motifs is 3. The van der Waals surface area contributed by atoms with Crippen LogP contribution in [0.2, 0.25) is 0 Å². The summed E-state index contributed by atoms with van der Waals surface area (Å²) in [5, 5.41) is 0. The van der Waals surface area contributed by atoms with Gasteiger partial charge < -0.3 is 0 Å². The maximum absolute atomic E-state index is 13.1. The second kappa shape index (κ2) is 3.96. The Labute approximate surface area is 150 Å². The first-order chi connectivity index (χ1) is 10.3. The topological polar surface area (TPSA) is 92.1 Å². The number of carbonyl (C=O) groups excluding carboxylic acids is 1. The summed E-state index contributed by atoms with van der Waals surface area (Å²) in [6.07, 6.45) is 4.49. The molecule has 0 aromatic rings. The van der Waals surface area contributed by atoms with Gasteiger partial charge in [-0.15, -0.1) is 0 Å². The molecule has 5 fully saturated rings. The average Bonchev–Trinajstić information content (AvgIpc) is 3.29. The Morgan fingerprint density at radius 2 is 2.00 bits per heavy atom. The number of halogens is 2. The Morgan fingerprint density at radius 1 is 1.36 bits per heavy atom. The standard InChI is InChI=1S/C15H24I2N3O2/c1-5-13(8-9-6-7-12(13,4)11(9,2)3)22-10(21)14(16-18-14)15-17(19-15)20-15/h9,18-20H,5-8H2,1-4H3/q-1. The molecule has 0 spiro atoms. The summed E-state index contributed by atoms with van der Waals surface area (Å²) in [6, 6.07) is 0. The molecule has 3 N–H and O–H groups in total. The van der Waals surface area contributed by atoms with Crippen LogP contribution >= 0.6 is 20.4 Å². The molecule has 5 rings (SSSR count). The van der Waals surface area contributed by atoms with Gasteiger partial charge in [0, 0.05) is 0 Å². The molecule has 5 aliphatic rings. The molecule has 2 saturated carbocycles. The van der Waals surface area contributed by atoms with E-state index in [1.807, 2.05) is 0 Å². The van der Waals surface area contributed by atoms with Gasteiger partial charge in [-0.3, -0.25) is 0 Å². The van der Waals surface area contributed by atoms with Gasteiger partial charge in [-0.2, -0.15) is 0 Å². The van der Waals surface area contributed by atoms with Crippen LogP contribution in [0.4, 0.5) is 0 Å². The number of carbonyl (C=O) groups is 1. The van der Waals surface area contributed by atoms with Gasteiger partial charge in [-0.25, -0.2) is 0 Å². The van der Waals surface area contributed by atoms with Crippen LogP contribution in [-0.2, 0) is 9.53 Å². The number of hydrogen-bond donors (Lipinski definition) is 3. The van der Waals surface area contributed by atoms with Gasteiger partial charge in [-0.05, 0) is 0 Å². The quantitative estimate of drug-likeness (QED) is 0.108. The average molecular weight is 532 g/mol. The molecule has 2 bridgehead atoms. The third kappa shape index (κ3) is 1.42. The van der Waals surface area contributed by atoms with Crippen LogP contribution in [0.25, 0.3) is 0 Å². The van der Waals surface area contributed by atoms with Crippen molar-refractivity contribution in [3.63, 3.8) is 0 Å². The van der Waals surface area contributed by atoms with Gasteiger partial charge >= 0.3 is 151 Å². The van der Waals surface area contributed by atoms with Crippen LogP contribution in [0.15, 0.2) is 0 Å². The van der Waals surface area contributed by atoms with Crippen LogP contribution in [0.5, 0.6) is 0 Å². The molecule has 7 heteroatoms. The Kier molecular flexibility index (Phi) is 2.72. The van der Waals surface area contributed by atoms with E-state index in [1.165, 1.54) is 12.8 Å². The molecular formula is C15H24I2N3O2-. The zero-order valence-electron chi connectivity index (χ0n) is 13.5. The van der Waals surface area contributed by atoms with Crippen molar-refractivity contribution < 1.29 is 31.0 Å². The second-order valence-corrected chi connectivity index (χ2v) is 15.2. The van der Waals surface area contributed by atoms with E-state index in [4.69, 9.17) is 4.74 Å². The van der Waals surface area contributed by atoms with Crippen LogP contribution < -0.4 is 32.1 Å². The van der Waals surface area contributed by atoms with E-state index in [0.29, 0.717) is 5.92 Å². The molecule has 3 aliphatic heterocycles. The van der Waals surface area contributed by atoms with Crippen molar-refractivity contribution in [1.82, 2.24) is 10.6 Å². The molecule has 2 aliphatic carbocycles. The molecule has 0 radical (unpaired) electrons. The number of nitrogens with one attached hydrogen (secondary N) is 3. The SMILES string of the molecule is CCC1(OC(=O)C2(C34NI3N4)N[I-]2)CC2CCC1(C)C2(C)C. The maximum atomic E-state index is 13.1. The van der Waals surface area contributed by atoms with Crippen molar-refractivity contribution in [2.75, 3.05) is 0 Å². The monoisotopic (exact) mass is 532 g/mol. The zero-order chi connectivity index (χ0) is 15.6. The van der Waals surface area contributed by atoms with Crippen molar-refractivity contribution >= 4 is 26.3 Å². The molecular weight excluding hydrogens is 508 g/mol. The Hall–Kier alpha value is 0.810. The number of esters is 1. The van der Waals surface area contributed by atoms with E-state index >= 15 is 0 Å². The van der Waals surface area contributed by atoms with Crippen LogP contribution in [0, 0.1) is 16.7 Å². The van der Waals surface area contributed by atoms with Crippen molar-refractivity contribution in [1.29, 1.82) is 0 Å². The number of rotatable bonds is 4. The van der Waals surface area contributed by atoms with E-state index in [2.05, 4.69) is 38.3 Å². The summed E-state index contributed by atoms with van der Waals surface area (Å²) in [7, 11) is 0. The first-order valence-corrected chi connectivity index (χ1v) is 13.6. The fourth-order valence-electron chi connectivity index (χ4n) is 5.28. The summed E-state index contributed by atoms with van der Waals surface area (Å²) in [4.78, 5) is 13.1. The minimum atomic E-state index is -1.12. The summed E-state index contributed by atoms with van der Waals surface area (Å²) in [6.45, 7) is 9.36. The molecule has 4 unspecified atom stereocenters. The van der Waals surface area contributed by atoms with Crippen molar-refractivity contribution in [3.05, 3.63) is 0 Å². The fourth-order valence-corrected chi connectivity index (χ4v) is 15.3. The Bertz CT molecular complexity index is 587. The van der Waals surface area contributed by atoms with E-state index in [0.717, 1.165) is 12.8 Å². The molecule has 22 heavy (non-hydrogen) atoms. The van der Waals surface area contributed by atoms with Gasteiger partial charge in [0.15, 0.2) is 0 Å². The van der Waals surface area contributed by atoms with Gasteiger partial charge in [-0.1, -0.05) is 0 Å². The van der Waals surface area contributed by atoms with Gasteiger partial charge in [0.25, 0.3) is 0 Å². The summed E-state index contributed by atoms with van der Waals surface area (Å²) >= 11 is -1.36. The van der Waals surface area contributed by atoms with E-state index in [1.54, 1.807) is 0 Å². The predicted octanol–water partition coefficient (Wildman–Crippen LogP) is -0.975. The van der Waals surface area contributed by atoms with Crippen LogP contribution in [-0.4, -0.2) is 18.8 Å². The second-order valence-electron chi connectivity index (χ2n) is 8.21. The van der Waals surface area contributed by atoms with Crippen LogP contribution in [0.1, 0.15) is 53.4 Å². The predicted molar refractivity (Wildman–Crippen MR) is 87.2 cm³/mol. The third-order valence-corrected chi connectivity index (χ3v) is 16.1. The van der Waals surface area contributed by atoms with Crippen molar-refractivity contribution in [3.8, 4) is 0 Å². The normalized spacial score (nSPS) is 53.5. The molecule has 3 heterocycles. The molecule has 0 aromatic carbocycles. The van der Waals surface area contributed by atoms with E-state index < -0.39 is 20.4 Å². The number of alkyl halides is 2. The van der Waals surface area contributed by atoms with E-state index in [-0.39, 0.29) is 51.1 Å². The zero-order valence-corrected chi connectivity index (χ0v) is 17.8. The van der Waals surface area contributed by atoms with Gasteiger partial charge in [0.1, 0.15) is 0 Å². The first-order valence-electron chi connectivity index (χ1n) is 8.18. The number of ether oxygens (including phenoxy) is 1. The van der Waals surface area contributed by atoms with Gasteiger partial charge in [0.2, 0.25) is 0 Å². The Morgan fingerprint density at radius 3 is 2.36 bits per heavy atom. The Balaban J connectivity index is 1.46. The summed E-state index contributed by atoms with van der Waals surface area (Å²) < 4.78 is 16.6. The first kappa shape index (κ1) is 15.1. The van der Waals surface area contributed by atoms with Crippen molar-refractivity contribution in [2.45, 2.75) is 66.2 Å². The molecule has 5 nitrogen and oxygen atoms in total. The molecule has 126 valence electrons. The summed E-state index contributed by atoms with van der Waals surface area (Å²) in [5.41, 5.74) is 0.138. The third-order valence-electron chi connectivity index (χ3n) is 7.58. The molecule has 0 aromatic heterocycles. The molecule has 4 atom stereocenters.